The molecule has 0 heterocycles. The van der Waals surface area contributed by atoms with Crippen molar-refractivity contribution < 1.29 is 15.0 Å². The van der Waals surface area contributed by atoms with Crippen LogP contribution in [0.25, 0.3) is 0 Å². The van der Waals surface area contributed by atoms with Crippen molar-refractivity contribution in [2.75, 3.05) is 0 Å². The summed E-state index contributed by atoms with van der Waals surface area (Å²) in [6, 6.07) is 0. The second-order valence-electron chi connectivity index (χ2n) is 14.1. The van der Waals surface area contributed by atoms with Crippen LogP contribution in [0.4, 0.5) is 0 Å². The highest BCUT2D eigenvalue weighted by Gasteiger charge is 2.74. The Labute approximate surface area is 201 Å². The Hall–Kier alpha value is -0.930. The standard InChI is InChI=1S/C30H46O3/c1-19(8-7-14-26(2,3)33)20-9-10-23-29(20)16-11-22-28(6)15-13-24(31)27(4,5)21(28)12-17-30(22,23)25(32)18-29/h7,12,14,17,19-24,31,33H,8-11,13,15-16,18H2,1-6H3/b14-7+/t19-,20-,21?,22?,23?,24+,28+,29+,30+/m1/s1. The van der Waals surface area contributed by atoms with Crippen molar-refractivity contribution in [3.63, 3.8) is 0 Å². The highest BCUT2D eigenvalue weighted by Crippen LogP contribution is 2.77. The van der Waals surface area contributed by atoms with Crippen LogP contribution in [-0.4, -0.2) is 27.7 Å². The van der Waals surface area contributed by atoms with Crippen molar-refractivity contribution >= 4 is 5.78 Å². The molecule has 4 saturated carbocycles. The Morgan fingerprint density at radius 2 is 1.85 bits per heavy atom. The van der Waals surface area contributed by atoms with Crippen molar-refractivity contribution in [1.82, 2.24) is 0 Å². The SMILES string of the molecule is C[C@H](C/C=C/C(C)(C)O)[C@H]1CCC2[C@]34C=CC5C(C)(C)[C@@H](O)CC[C@]5(C)C3CC[C@@]21CC4=O. The molecular formula is C30H46O3. The molecule has 9 atom stereocenters. The minimum atomic E-state index is -0.762. The molecule has 0 radical (unpaired) electrons. The van der Waals surface area contributed by atoms with Crippen LogP contribution in [0, 0.1) is 51.2 Å². The van der Waals surface area contributed by atoms with Crippen molar-refractivity contribution in [2.45, 2.75) is 105 Å². The van der Waals surface area contributed by atoms with E-state index in [1.807, 2.05) is 19.9 Å². The van der Waals surface area contributed by atoms with Crippen LogP contribution in [-0.2, 0) is 4.79 Å². The molecule has 0 amide bonds. The summed E-state index contributed by atoms with van der Waals surface area (Å²) in [5.41, 5.74) is -0.891. The van der Waals surface area contributed by atoms with Gasteiger partial charge in [-0.25, -0.2) is 0 Å². The minimum absolute atomic E-state index is 0.1000. The zero-order valence-electron chi connectivity index (χ0n) is 21.7. The van der Waals surface area contributed by atoms with E-state index < -0.39 is 5.60 Å². The monoisotopic (exact) mass is 454 g/mol. The third kappa shape index (κ3) is 3.10. The lowest BCUT2D eigenvalue weighted by molar-refractivity contribution is -0.158. The number of hydrogen-bond acceptors (Lipinski definition) is 3. The molecule has 2 N–H and O–H groups in total. The van der Waals surface area contributed by atoms with Gasteiger partial charge in [0.05, 0.1) is 17.1 Å². The second-order valence-corrected chi connectivity index (χ2v) is 14.1. The summed E-state index contributed by atoms with van der Waals surface area (Å²) in [5, 5.41) is 20.9. The van der Waals surface area contributed by atoms with Gasteiger partial charge in [0.2, 0.25) is 0 Å². The Morgan fingerprint density at radius 1 is 1.12 bits per heavy atom. The van der Waals surface area contributed by atoms with Gasteiger partial charge in [-0.15, -0.1) is 0 Å². The van der Waals surface area contributed by atoms with Gasteiger partial charge < -0.3 is 10.2 Å². The van der Waals surface area contributed by atoms with Gasteiger partial charge in [0.25, 0.3) is 0 Å². The van der Waals surface area contributed by atoms with E-state index in [0.717, 1.165) is 32.1 Å². The van der Waals surface area contributed by atoms with Crippen molar-refractivity contribution in [2.24, 2.45) is 51.2 Å². The summed E-state index contributed by atoms with van der Waals surface area (Å²) < 4.78 is 0. The van der Waals surface area contributed by atoms with Crippen LogP contribution in [0.3, 0.4) is 0 Å². The van der Waals surface area contributed by atoms with Gasteiger partial charge in [-0.2, -0.15) is 0 Å². The van der Waals surface area contributed by atoms with Gasteiger partial charge in [-0.3, -0.25) is 4.79 Å². The molecule has 3 unspecified atom stereocenters. The maximum atomic E-state index is 14.0. The first kappa shape index (κ1) is 23.8. The van der Waals surface area contributed by atoms with E-state index in [-0.39, 0.29) is 27.8 Å². The van der Waals surface area contributed by atoms with E-state index in [1.54, 1.807) is 0 Å². The zero-order valence-corrected chi connectivity index (χ0v) is 21.7. The Balaban J connectivity index is 1.48. The Kier molecular flexibility index (Phi) is 5.26. The number of aliphatic hydroxyl groups is 2. The molecular weight excluding hydrogens is 408 g/mol. The summed E-state index contributed by atoms with van der Waals surface area (Å²) in [4.78, 5) is 14.0. The average molecular weight is 455 g/mol. The molecule has 0 aromatic rings. The summed E-state index contributed by atoms with van der Waals surface area (Å²) in [6.45, 7) is 13.0. The highest BCUT2D eigenvalue weighted by atomic mass is 16.3. The van der Waals surface area contributed by atoms with E-state index in [4.69, 9.17) is 0 Å². The molecule has 5 aliphatic rings. The van der Waals surface area contributed by atoms with Gasteiger partial charge in [-0.05, 0) is 105 Å². The quantitative estimate of drug-likeness (QED) is 0.505. The fraction of sp³-hybridized carbons (Fsp3) is 0.833. The molecule has 4 fully saturated rings. The molecule has 0 aliphatic heterocycles. The maximum absolute atomic E-state index is 14.0. The van der Waals surface area contributed by atoms with Gasteiger partial charge in [0.1, 0.15) is 5.78 Å². The van der Waals surface area contributed by atoms with E-state index in [0.29, 0.717) is 35.4 Å². The predicted molar refractivity (Wildman–Crippen MR) is 132 cm³/mol. The lowest BCUT2D eigenvalue weighted by atomic mass is 9.40. The Bertz CT molecular complexity index is 877. The predicted octanol–water partition coefficient (Wildman–Crippen LogP) is 6.09. The summed E-state index contributed by atoms with van der Waals surface area (Å²) in [7, 11) is 0. The number of hydrogen-bond donors (Lipinski definition) is 2. The smallest absolute Gasteiger partial charge is 0.143 e. The van der Waals surface area contributed by atoms with Crippen molar-refractivity contribution in [3.8, 4) is 0 Å². The van der Waals surface area contributed by atoms with Crippen LogP contribution >= 0.6 is 0 Å². The number of allylic oxidation sites excluding steroid dienone is 3. The van der Waals surface area contributed by atoms with Crippen LogP contribution in [0.2, 0.25) is 0 Å². The second kappa shape index (κ2) is 7.29. The van der Waals surface area contributed by atoms with Crippen LogP contribution < -0.4 is 0 Å². The molecule has 0 saturated heterocycles. The average Bonchev–Trinajstić information content (AvgIpc) is 3.14. The van der Waals surface area contributed by atoms with Crippen LogP contribution in [0.1, 0.15) is 92.9 Å². The van der Waals surface area contributed by atoms with Crippen molar-refractivity contribution in [3.05, 3.63) is 24.3 Å². The molecule has 5 aliphatic carbocycles. The number of ketones is 1. The number of Topliss-reactive ketones (excluding diaryl/α,β-unsaturated/α-hetero) is 1. The Morgan fingerprint density at radius 3 is 2.55 bits per heavy atom. The van der Waals surface area contributed by atoms with E-state index >= 15 is 0 Å². The van der Waals surface area contributed by atoms with Gasteiger partial charge in [0, 0.05) is 6.42 Å². The number of aliphatic hydroxyl groups excluding tert-OH is 1. The molecule has 0 aromatic carbocycles. The first-order valence-corrected chi connectivity index (χ1v) is 13.6. The fourth-order valence-corrected chi connectivity index (χ4v) is 10.3. The maximum Gasteiger partial charge on any atom is 0.143 e. The highest BCUT2D eigenvalue weighted by molar-refractivity contribution is 5.92. The lowest BCUT2D eigenvalue weighted by Gasteiger charge is -2.63. The first-order chi connectivity index (χ1) is 15.3. The molecule has 1 spiro atoms. The van der Waals surface area contributed by atoms with Gasteiger partial charge >= 0.3 is 0 Å². The molecule has 3 nitrogen and oxygen atoms in total. The third-order valence-corrected chi connectivity index (χ3v) is 11.6. The normalized spacial score (nSPS) is 49.1. The van der Waals surface area contributed by atoms with Crippen molar-refractivity contribution in [1.29, 1.82) is 0 Å². The zero-order chi connectivity index (χ0) is 24.0. The topological polar surface area (TPSA) is 57.5 Å². The molecule has 5 rings (SSSR count). The molecule has 2 bridgehead atoms. The number of fused-ring (bicyclic) bond motifs is 2. The minimum Gasteiger partial charge on any atom is -0.393 e. The van der Waals surface area contributed by atoms with Gasteiger partial charge in [-0.1, -0.05) is 52.0 Å². The van der Waals surface area contributed by atoms with Gasteiger partial charge in [0.15, 0.2) is 0 Å². The number of carbonyl (C=O) groups excluding carboxylic acids is 1. The number of rotatable bonds is 4. The van der Waals surface area contributed by atoms with Crippen LogP contribution in [0.15, 0.2) is 24.3 Å². The lowest BCUT2D eigenvalue weighted by Crippen LogP contribution is -2.60. The molecule has 33 heavy (non-hydrogen) atoms. The summed E-state index contributed by atoms with van der Waals surface area (Å²) >= 11 is 0. The molecule has 3 heteroatoms. The van der Waals surface area contributed by atoms with E-state index in [2.05, 4.69) is 45.9 Å². The summed E-state index contributed by atoms with van der Waals surface area (Å²) in [6.07, 6.45) is 17.0. The summed E-state index contributed by atoms with van der Waals surface area (Å²) in [5.74, 6) is 2.91. The fourth-order valence-electron chi connectivity index (χ4n) is 10.3. The van der Waals surface area contributed by atoms with E-state index in [1.165, 1.54) is 19.3 Å². The number of carbonyl (C=O) groups is 1. The van der Waals surface area contributed by atoms with E-state index in [9.17, 15) is 15.0 Å². The molecule has 184 valence electrons. The first-order valence-electron chi connectivity index (χ1n) is 13.6. The van der Waals surface area contributed by atoms with Crippen LogP contribution in [0.5, 0.6) is 0 Å². The third-order valence-electron chi connectivity index (χ3n) is 11.6. The largest absolute Gasteiger partial charge is 0.393 e. The molecule has 0 aromatic heterocycles.